The molecule has 0 N–H and O–H groups in total. The van der Waals surface area contributed by atoms with Gasteiger partial charge in [-0.1, -0.05) is 19.3 Å². The lowest BCUT2D eigenvalue weighted by atomic mass is 9.94. The van der Waals surface area contributed by atoms with Crippen LogP contribution in [0.3, 0.4) is 0 Å². The van der Waals surface area contributed by atoms with Crippen LogP contribution in [0.1, 0.15) is 78.5 Å². The van der Waals surface area contributed by atoms with Gasteiger partial charge in [0.05, 0.1) is 5.54 Å². The van der Waals surface area contributed by atoms with E-state index in [4.69, 9.17) is 0 Å². The average molecular weight is 321 g/mol. The number of tetrazole rings is 1. The van der Waals surface area contributed by atoms with Crippen molar-refractivity contribution in [2.45, 2.75) is 90.6 Å². The first kappa shape index (κ1) is 17.9. The summed E-state index contributed by atoms with van der Waals surface area (Å²) < 4.78 is 1.86. The number of aromatic nitrogens is 4. The number of hydrogen-bond acceptors (Lipinski definition) is 4. The minimum absolute atomic E-state index is 0.125. The summed E-state index contributed by atoms with van der Waals surface area (Å²) in [7, 11) is 0. The molecule has 0 atom stereocenters. The van der Waals surface area contributed by atoms with E-state index in [9.17, 15) is 4.79 Å². The van der Waals surface area contributed by atoms with Crippen molar-refractivity contribution >= 4 is 5.91 Å². The van der Waals surface area contributed by atoms with Crippen molar-refractivity contribution in [2.75, 3.05) is 6.54 Å². The monoisotopic (exact) mass is 321 g/mol. The van der Waals surface area contributed by atoms with Crippen LogP contribution >= 0.6 is 0 Å². The molecule has 0 bridgehead atoms. The van der Waals surface area contributed by atoms with Gasteiger partial charge in [-0.05, 0) is 57.4 Å². The van der Waals surface area contributed by atoms with E-state index in [1.807, 2.05) is 4.68 Å². The van der Waals surface area contributed by atoms with Gasteiger partial charge in [0, 0.05) is 25.4 Å². The van der Waals surface area contributed by atoms with E-state index in [-0.39, 0.29) is 11.4 Å². The van der Waals surface area contributed by atoms with Gasteiger partial charge in [-0.15, -0.1) is 5.10 Å². The van der Waals surface area contributed by atoms with Crippen LogP contribution in [-0.2, 0) is 16.8 Å². The Morgan fingerprint density at radius 1 is 1.26 bits per heavy atom. The number of aryl methyl sites for hydroxylation is 1. The van der Waals surface area contributed by atoms with E-state index in [1.165, 1.54) is 32.1 Å². The summed E-state index contributed by atoms with van der Waals surface area (Å²) in [5.41, 5.74) is -0.125. The van der Waals surface area contributed by atoms with Gasteiger partial charge in [0.25, 0.3) is 0 Å². The molecule has 6 nitrogen and oxygen atoms in total. The first-order chi connectivity index (χ1) is 10.9. The third-order valence-electron chi connectivity index (χ3n) is 4.64. The van der Waals surface area contributed by atoms with E-state index >= 15 is 0 Å². The largest absolute Gasteiger partial charge is 0.340 e. The second-order valence-electron chi connectivity index (χ2n) is 7.50. The minimum atomic E-state index is -0.125. The fourth-order valence-corrected chi connectivity index (χ4v) is 3.46. The lowest BCUT2D eigenvalue weighted by Crippen LogP contribution is -2.41. The zero-order chi connectivity index (χ0) is 16.9. The van der Waals surface area contributed by atoms with Gasteiger partial charge in [-0.2, -0.15) is 0 Å². The molecular weight excluding hydrogens is 290 g/mol. The van der Waals surface area contributed by atoms with E-state index in [1.54, 1.807) is 0 Å². The van der Waals surface area contributed by atoms with Gasteiger partial charge in [-0.25, -0.2) is 4.68 Å². The second-order valence-corrected chi connectivity index (χ2v) is 7.50. The van der Waals surface area contributed by atoms with Crippen LogP contribution < -0.4 is 0 Å². The minimum Gasteiger partial charge on any atom is -0.340 e. The third-order valence-corrected chi connectivity index (χ3v) is 4.64. The Morgan fingerprint density at radius 2 is 1.96 bits per heavy atom. The van der Waals surface area contributed by atoms with Crippen molar-refractivity contribution in [1.29, 1.82) is 0 Å². The maximum Gasteiger partial charge on any atom is 0.222 e. The molecule has 6 heteroatoms. The van der Waals surface area contributed by atoms with E-state index in [0.717, 1.165) is 25.2 Å². The van der Waals surface area contributed by atoms with Gasteiger partial charge >= 0.3 is 0 Å². The molecule has 2 rings (SSSR count). The molecule has 1 heterocycles. The summed E-state index contributed by atoms with van der Waals surface area (Å²) >= 11 is 0. The van der Waals surface area contributed by atoms with Gasteiger partial charge in [0.2, 0.25) is 5.91 Å². The smallest absolute Gasteiger partial charge is 0.222 e. The van der Waals surface area contributed by atoms with Gasteiger partial charge < -0.3 is 4.90 Å². The van der Waals surface area contributed by atoms with Crippen LogP contribution in [-0.4, -0.2) is 43.6 Å². The van der Waals surface area contributed by atoms with E-state index in [0.29, 0.717) is 12.5 Å². The lowest BCUT2D eigenvalue weighted by Gasteiger charge is -2.33. The topological polar surface area (TPSA) is 63.9 Å². The number of amides is 1. The Balaban J connectivity index is 1.85. The van der Waals surface area contributed by atoms with Gasteiger partial charge in [0.1, 0.15) is 0 Å². The molecule has 1 aliphatic rings. The highest BCUT2D eigenvalue weighted by Gasteiger charge is 2.24. The van der Waals surface area contributed by atoms with Crippen LogP contribution in [0.4, 0.5) is 0 Å². The molecule has 0 radical (unpaired) electrons. The Hall–Kier alpha value is -1.46. The van der Waals surface area contributed by atoms with Crippen LogP contribution in [0.5, 0.6) is 0 Å². The number of carbonyl (C=O) groups is 1. The highest BCUT2D eigenvalue weighted by atomic mass is 16.2. The molecule has 0 aliphatic heterocycles. The zero-order valence-electron chi connectivity index (χ0n) is 15.1. The molecule has 130 valence electrons. The molecule has 1 aromatic heterocycles. The maximum atomic E-state index is 12.6. The molecule has 0 spiro atoms. The average Bonchev–Trinajstić information content (AvgIpc) is 2.98. The summed E-state index contributed by atoms with van der Waals surface area (Å²) in [6, 6.07) is 0.459. The summed E-state index contributed by atoms with van der Waals surface area (Å²) in [4.78, 5) is 14.6. The van der Waals surface area contributed by atoms with Crippen LogP contribution in [0.25, 0.3) is 0 Å². The molecule has 0 unspecified atom stereocenters. The first-order valence-electron chi connectivity index (χ1n) is 9.00. The Labute approximate surface area is 139 Å². The fourth-order valence-electron chi connectivity index (χ4n) is 3.46. The standard InChI is InChI=1S/C17H31N5O/c1-5-21(14-10-7-6-8-11-14)16(23)13-9-12-15-18-19-20-22(15)17(2,3)4/h14H,5-13H2,1-4H3. The van der Waals surface area contributed by atoms with Crippen LogP contribution in [0, 0.1) is 0 Å². The molecule has 0 saturated heterocycles. The van der Waals surface area contributed by atoms with E-state index < -0.39 is 0 Å². The Bertz CT molecular complexity index is 499. The van der Waals surface area contributed by atoms with Crippen molar-refractivity contribution in [1.82, 2.24) is 25.1 Å². The summed E-state index contributed by atoms with van der Waals surface area (Å²) in [6.07, 6.45) is 8.31. The molecule has 1 amide bonds. The summed E-state index contributed by atoms with van der Waals surface area (Å²) in [5, 5.41) is 12.0. The van der Waals surface area contributed by atoms with Crippen molar-refractivity contribution in [3.05, 3.63) is 5.82 Å². The molecule has 1 saturated carbocycles. The number of rotatable bonds is 6. The van der Waals surface area contributed by atoms with Crippen molar-refractivity contribution in [3.63, 3.8) is 0 Å². The maximum absolute atomic E-state index is 12.6. The molecule has 1 aliphatic carbocycles. The lowest BCUT2D eigenvalue weighted by molar-refractivity contribution is -0.134. The fraction of sp³-hybridized carbons (Fsp3) is 0.882. The third kappa shape index (κ3) is 4.75. The van der Waals surface area contributed by atoms with Crippen molar-refractivity contribution < 1.29 is 4.79 Å². The quantitative estimate of drug-likeness (QED) is 0.808. The first-order valence-corrected chi connectivity index (χ1v) is 9.00. The highest BCUT2D eigenvalue weighted by molar-refractivity contribution is 5.76. The zero-order valence-corrected chi connectivity index (χ0v) is 15.1. The second kappa shape index (κ2) is 7.88. The summed E-state index contributed by atoms with van der Waals surface area (Å²) in [5.74, 6) is 1.15. The van der Waals surface area contributed by atoms with Crippen LogP contribution in [0.2, 0.25) is 0 Å². The molecule has 1 fully saturated rings. The van der Waals surface area contributed by atoms with Gasteiger partial charge in [0.15, 0.2) is 5.82 Å². The Morgan fingerprint density at radius 3 is 2.57 bits per heavy atom. The summed E-state index contributed by atoms with van der Waals surface area (Å²) in [6.45, 7) is 9.16. The predicted molar refractivity (Wildman–Crippen MR) is 90.0 cm³/mol. The Kier molecular flexibility index (Phi) is 6.13. The molecule has 23 heavy (non-hydrogen) atoms. The number of carbonyl (C=O) groups excluding carboxylic acids is 1. The van der Waals surface area contributed by atoms with Gasteiger partial charge in [-0.3, -0.25) is 4.79 Å². The number of hydrogen-bond donors (Lipinski definition) is 0. The number of nitrogens with zero attached hydrogens (tertiary/aromatic N) is 5. The molecule has 0 aromatic carbocycles. The highest BCUT2D eigenvalue weighted by Crippen LogP contribution is 2.23. The molecule has 1 aromatic rings. The SMILES string of the molecule is CCN(C(=O)CCCc1nnnn1C(C)(C)C)C1CCCCC1. The normalized spacial score (nSPS) is 16.5. The van der Waals surface area contributed by atoms with Crippen LogP contribution in [0.15, 0.2) is 0 Å². The van der Waals surface area contributed by atoms with Crippen molar-refractivity contribution in [3.8, 4) is 0 Å². The predicted octanol–water partition coefficient (Wildman–Crippen LogP) is 2.93. The van der Waals surface area contributed by atoms with Crippen molar-refractivity contribution in [2.24, 2.45) is 0 Å². The molecular formula is C17H31N5O. The van der Waals surface area contributed by atoms with E-state index in [2.05, 4.69) is 48.1 Å².